The first-order valence-electron chi connectivity index (χ1n) is 11.9. The molecule has 9 nitrogen and oxygen atoms in total. The van der Waals surface area contributed by atoms with Gasteiger partial charge in [-0.3, -0.25) is 0 Å². The van der Waals surface area contributed by atoms with E-state index in [4.69, 9.17) is 33.2 Å². The molecule has 2 fully saturated rings. The summed E-state index contributed by atoms with van der Waals surface area (Å²) in [6.45, 7) is 5.42. The first kappa shape index (κ1) is 26.2. The minimum atomic E-state index is -1.67. The van der Waals surface area contributed by atoms with E-state index in [9.17, 15) is 9.59 Å². The number of carbonyl (C=O) groups is 2. The summed E-state index contributed by atoms with van der Waals surface area (Å²) in [5.74, 6) is -2.93. The Balaban J connectivity index is 1.66. The predicted octanol–water partition coefficient (Wildman–Crippen LogP) is 3.25. The molecule has 0 amide bonds. The summed E-state index contributed by atoms with van der Waals surface area (Å²) in [6.07, 6.45) is -4.47. The monoisotopic (exact) mass is 500 g/mol. The van der Waals surface area contributed by atoms with Crippen LogP contribution in [0.5, 0.6) is 0 Å². The number of carbonyl (C=O) groups excluding carboxylic acids is 2. The van der Waals surface area contributed by atoms with Crippen LogP contribution >= 0.6 is 0 Å². The predicted molar refractivity (Wildman–Crippen MR) is 127 cm³/mol. The van der Waals surface area contributed by atoms with Crippen molar-refractivity contribution in [3.8, 4) is 0 Å². The van der Waals surface area contributed by atoms with Gasteiger partial charge in [-0.1, -0.05) is 48.5 Å². The Hall–Kier alpha value is -2.82. The van der Waals surface area contributed by atoms with Crippen molar-refractivity contribution in [1.29, 1.82) is 0 Å². The quantitative estimate of drug-likeness (QED) is 0.506. The molecule has 0 bridgehead atoms. The molecule has 4 rings (SSSR count). The number of fused-ring (bicyclic) bond motifs is 1. The van der Waals surface area contributed by atoms with Gasteiger partial charge in [-0.05, 0) is 31.5 Å². The summed E-state index contributed by atoms with van der Waals surface area (Å²) < 4.78 is 41.1. The average Bonchev–Trinajstić information content (AvgIpc) is 2.89. The van der Waals surface area contributed by atoms with Crippen LogP contribution in [0.2, 0.25) is 0 Å². The lowest BCUT2D eigenvalue weighted by Gasteiger charge is -2.50. The number of esters is 2. The third-order valence-corrected chi connectivity index (χ3v) is 5.98. The van der Waals surface area contributed by atoms with Gasteiger partial charge >= 0.3 is 11.9 Å². The minimum absolute atomic E-state index is 0.0266. The van der Waals surface area contributed by atoms with Gasteiger partial charge in [-0.2, -0.15) is 0 Å². The van der Waals surface area contributed by atoms with Gasteiger partial charge in [-0.15, -0.1) is 0 Å². The Labute approximate surface area is 210 Å². The lowest BCUT2D eigenvalue weighted by atomic mass is 9.96. The molecule has 0 saturated carbocycles. The van der Waals surface area contributed by atoms with Crippen molar-refractivity contribution >= 4 is 11.9 Å². The highest BCUT2D eigenvalue weighted by molar-refractivity contribution is 5.89. The van der Waals surface area contributed by atoms with Crippen molar-refractivity contribution in [3.05, 3.63) is 71.8 Å². The van der Waals surface area contributed by atoms with E-state index in [2.05, 4.69) is 0 Å². The summed E-state index contributed by atoms with van der Waals surface area (Å²) in [5.41, 5.74) is 1.29. The first-order valence-corrected chi connectivity index (χ1v) is 11.9. The van der Waals surface area contributed by atoms with Crippen LogP contribution in [0.15, 0.2) is 60.7 Å². The third-order valence-electron chi connectivity index (χ3n) is 5.98. The van der Waals surface area contributed by atoms with Gasteiger partial charge in [0.15, 0.2) is 12.4 Å². The fourth-order valence-electron chi connectivity index (χ4n) is 4.21. The van der Waals surface area contributed by atoms with Crippen molar-refractivity contribution in [2.24, 2.45) is 0 Å². The van der Waals surface area contributed by atoms with Gasteiger partial charge in [-0.25, -0.2) is 9.59 Å². The maximum Gasteiger partial charge on any atom is 0.366 e. The van der Waals surface area contributed by atoms with Gasteiger partial charge in [0.1, 0.15) is 18.3 Å². The van der Waals surface area contributed by atoms with E-state index >= 15 is 0 Å². The Morgan fingerprint density at radius 1 is 1.03 bits per heavy atom. The minimum Gasteiger partial charge on any atom is -0.465 e. The number of hydrogen-bond acceptors (Lipinski definition) is 9. The van der Waals surface area contributed by atoms with Gasteiger partial charge in [0.05, 0.1) is 32.0 Å². The lowest BCUT2D eigenvalue weighted by Crippen LogP contribution is -2.68. The maximum atomic E-state index is 13.1. The molecule has 0 aromatic heterocycles. The number of rotatable bonds is 8. The highest BCUT2D eigenvalue weighted by Crippen LogP contribution is 2.37. The van der Waals surface area contributed by atoms with Crippen molar-refractivity contribution in [2.75, 3.05) is 13.7 Å². The number of ether oxygens (including phenoxy) is 7. The van der Waals surface area contributed by atoms with Crippen LogP contribution in [0.3, 0.4) is 0 Å². The van der Waals surface area contributed by atoms with Crippen molar-refractivity contribution < 1.29 is 42.7 Å². The molecule has 2 saturated heterocycles. The Morgan fingerprint density at radius 2 is 1.69 bits per heavy atom. The molecular formula is C27H32O9. The zero-order chi connectivity index (χ0) is 25.7. The molecule has 2 heterocycles. The van der Waals surface area contributed by atoms with E-state index in [-0.39, 0.29) is 19.3 Å². The summed E-state index contributed by atoms with van der Waals surface area (Å²) in [7, 11) is 1.25. The zero-order valence-electron chi connectivity index (χ0n) is 20.8. The topological polar surface area (TPSA) is 98.8 Å². The van der Waals surface area contributed by atoms with Crippen molar-refractivity contribution in [1.82, 2.24) is 0 Å². The summed E-state index contributed by atoms with van der Waals surface area (Å²) in [6, 6.07) is 18.2. The van der Waals surface area contributed by atoms with Gasteiger partial charge in [0.2, 0.25) is 0 Å². The maximum absolute atomic E-state index is 13.1. The Morgan fingerprint density at radius 3 is 2.33 bits per heavy atom. The van der Waals surface area contributed by atoms with Crippen LogP contribution in [0.25, 0.3) is 0 Å². The molecule has 0 spiro atoms. The van der Waals surface area contributed by atoms with Crippen LogP contribution in [-0.2, 0) is 44.6 Å². The molecule has 2 aliphatic rings. The number of hydrogen-bond donors (Lipinski definition) is 0. The van der Waals surface area contributed by atoms with Gasteiger partial charge in [0, 0.05) is 6.92 Å². The third kappa shape index (κ3) is 5.93. The number of methoxy groups -OCH3 is 1. The van der Waals surface area contributed by atoms with Crippen molar-refractivity contribution in [3.63, 3.8) is 0 Å². The normalized spacial score (nSPS) is 29.9. The molecular weight excluding hydrogens is 468 g/mol. The zero-order valence-corrected chi connectivity index (χ0v) is 20.8. The second kappa shape index (κ2) is 11.5. The van der Waals surface area contributed by atoms with Gasteiger partial charge < -0.3 is 33.2 Å². The summed E-state index contributed by atoms with van der Waals surface area (Å²) in [4.78, 5) is 25.5. The molecule has 9 heteroatoms. The average molecular weight is 501 g/mol. The fourth-order valence-corrected chi connectivity index (χ4v) is 4.21. The van der Waals surface area contributed by atoms with E-state index in [1.54, 1.807) is 24.3 Å². The lowest BCUT2D eigenvalue weighted by molar-refractivity contribution is -0.385. The van der Waals surface area contributed by atoms with E-state index in [0.29, 0.717) is 5.56 Å². The number of benzene rings is 2. The van der Waals surface area contributed by atoms with Gasteiger partial charge in [0.25, 0.3) is 5.79 Å². The molecule has 2 aliphatic heterocycles. The molecule has 0 N–H and O–H groups in total. The molecule has 1 unspecified atom stereocenters. The molecule has 0 radical (unpaired) electrons. The van der Waals surface area contributed by atoms with E-state index < -0.39 is 48.4 Å². The Kier molecular flexibility index (Phi) is 8.38. The van der Waals surface area contributed by atoms with Crippen LogP contribution in [0.1, 0.15) is 36.7 Å². The standard InChI is InChI=1S/C27H32O9/c1-17(2)33-25-23(35-24(28)19-13-9-6-10-14-19)22(31-15-18-11-7-5-8-12-18)21-20(34-25)16-32-27(3,36-21)26(29)30-4/h5-14,17,20-23,25H,15-16H2,1-4H3/t20-,21+,22+,23-,25-,27?/m1/s1. The van der Waals surface area contributed by atoms with E-state index in [0.717, 1.165) is 5.56 Å². The molecule has 36 heavy (non-hydrogen) atoms. The van der Waals surface area contributed by atoms with Crippen LogP contribution < -0.4 is 0 Å². The second-order valence-corrected chi connectivity index (χ2v) is 9.06. The summed E-state index contributed by atoms with van der Waals surface area (Å²) >= 11 is 0. The smallest absolute Gasteiger partial charge is 0.366 e. The SMILES string of the molecule is COC(=O)C1(C)OC[C@H]2O[C@@H](OC(C)C)[C@H](OC(=O)c3ccccc3)[C@@H](OCc3ccccc3)[C@H]2O1. The van der Waals surface area contributed by atoms with E-state index in [1.165, 1.54) is 14.0 Å². The molecule has 2 aromatic carbocycles. The van der Waals surface area contributed by atoms with Crippen molar-refractivity contribution in [2.45, 2.75) is 70.0 Å². The van der Waals surface area contributed by atoms with Crippen LogP contribution in [-0.4, -0.2) is 68.3 Å². The molecule has 6 atom stereocenters. The molecule has 194 valence electrons. The van der Waals surface area contributed by atoms with Crippen LogP contribution in [0.4, 0.5) is 0 Å². The van der Waals surface area contributed by atoms with Crippen LogP contribution in [0, 0.1) is 0 Å². The molecule has 2 aromatic rings. The highest BCUT2D eigenvalue weighted by Gasteiger charge is 2.57. The summed E-state index contributed by atoms with van der Waals surface area (Å²) in [5, 5.41) is 0. The second-order valence-electron chi connectivity index (χ2n) is 9.06. The van der Waals surface area contributed by atoms with E-state index in [1.807, 2.05) is 50.2 Å². The Bertz CT molecular complexity index is 1010. The molecule has 0 aliphatic carbocycles. The fraction of sp³-hybridized carbons (Fsp3) is 0.481. The highest BCUT2D eigenvalue weighted by atomic mass is 16.8. The largest absolute Gasteiger partial charge is 0.465 e. The first-order chi connectivity index (χ1) is 17.3.